The van der Waals surface area contributed by atoms with Crippen LogP contribution < -0.4 is 5.32 Å². The van der Waals surface area contributed by atoms with Crippen molar-refractivity contribution in [3.8, 4) is 0 Å². The number of rotatable bonds is 6. The second-order valence-corrected chi connectivity index (χ2v) is 9.45. The summed E-state index contributed by atoms with van der Waals surface area (Å²) in [5.41, 5.74) is 4.73. The molecule has 0 spiro atoms. The lowest BCUT2D eigenvalue weighted by Gasteiger charge is -2.33. The maximum absolute atomic E-state index is 12.9. The molecule has 2 aliphatic rings. The molecule has 31 heavy (non-hydrogen) atoms. The van der Waals surface area contributed by atoms with Gasteiger partial charge in [0.2, 0.25) is 0 Å². The first-order chi connectivity index (χ1) is 15.1. The molecule has 2 N–H and O–H groups in total. The maximum atomic E-state index is 12.9. The highest BCUT2D eigenvalue weighted by molar-refractivity contribution is 5.97. The van der Waals surface area contributed by atoms with E-state index in [1.165, 1.54) is 48.8 Å². The lowest BCUT2D eigenvalue weighted by molar-refractivity contribution is 0.161. The second-order valence-electron chi connectivity index (χ2n) is 9.45. The molecule has 1 atom stereocenters. The molecule has 1 unspecified atom stereocenters. The summed E-state index contributed by atoms with van der Waals surface area (Å²) < 4.78 is 0. The number of piperidine rings is 1. The van der Waals surface area contributed by atoms with Gasteiger partial charge in [0, 0.05) is 53.5 Å². The molecule has 0 bridgehead atoms. The standard InChI is InChI=1S/C26H38N4O/c1-4-5-15-30(19(2)3)26(31)28-21-10-12-25-23(17-21)24(18-27-25)20-9-11-22-8-6-7-14-29(22)16-13-20/h10,12-13,17-19,22,27H,4-9,11,14-16H2,1-3H3,(H,28,31). The fourth-order valence-electron chi connectivity index (χ4n) is 5.11. The summed E-state index contributed by atoms with van der Waals surface area (Å²) >= 11 is 0. The second kappa shape index (κ2) is 9.90. The highest BCUT2D eigenvalue weighted by Crippen LogP contribution is 2.34. The van der Waals surface area contributed by atoms with Crippen LogP contribution >= 0.6 is 0 Å². The molecular formula is C26H38N4O. The Labute approximate surface area is 186 Å². The summed E-state index contributed by atoms with van der Waals surface area (Å²) in [6, 6.07) is 7.14. The fraction of sp³-hybridized carbons (Fsp3) is 0.577. The van der Waals surface area contributed by atoms with Gasteiger partial charge in [0.05, 0.1) is 0 Å². The van der Waals surface area contributed by atoms with Gasteiger partial charge in [-0.3, -0.25) is 4.90 Å². The number of allylic oxidation sites excluding steroid dienone is 1. The van der Waals surface area contributed by atoms with Crippen LogP contribution in [0.15, 0.2) is 30.5 Å². The predicted molar refractivity (Wildman–Crippen MR) is 130 cm³/mol. The molecule has 0 aliphatic carbocycles. The van der Waals surface area contributed by atoms with Gasteiger partial charge in [-0.05, 0) is 76.3 Å². The first kappa shape index (κ1) is 21.9. The van der Waals surface area contributed by atoms with Crippen LogP contribution in [0.3, 0.4) is 0 Å². The van der Waals surface area contributed by atoms with Crippen LogP contribution in [0.4, 0.5) is 10.5 Å². The number of hydrogen-bond acceptors (Lipinski definition) is 2. The van der Waals surface area contributed by atoms with E-state index >= 15 is 0 Å². The number of amides is 2. The average molecular weight is 423 g/mol. The van der Waals surface area contributed by atoms with E-state index in [1.807, 2.05) is 11.0 Å². The number of aromatic nitrogens is 1. The molecule has 0 saturated carbocycles. The third-order valence-corrected chi connectivity index (χ3v) is 6.98. The maximum Gasteiger partial charge on any atom is 0.322 e. The molecule has 5 heteroatoms. The molecule has 1 saturated heterocycles. The van der Waals surface area contributed by atoms with Gasteiger partial charge < -0.3 is 15.2 Å². The number of fused-ring (bicyclic) bond motifs is 2. The number of aromatic amines is 1. The highest BCUT2D eigenvalue weighted by Gasteiger charge is 2.25. The third kappa shape index (κ3) is 4.98. The lowest BCUT2D eigenvalue weighted by atomic mass is 9.95. The molecule has 0 radical (unpaired) electrons. The number of carbonyl (C=O) groups excluding carboxylic acids is 1. The van der Waals surface area contributed by atoms with E-state index in [0.29, 0.717) is 0 Å². The Kier molecular flexibility index (Phi) is 7.01. The summed E-state index contributed by atoms with van der Waals surface area (Å²) in [6.07, 6.45) is 13.1. The van der Waals surface area contributed by atoms with Crippen molar-refractivity contribution in [1.82, 2.24) is 14.8 Å². The van der Waals surface area contributed by atoms with Crippen LogP contribution in [-0.2, 0) is 0 Å². The number of unbranched alkanes of at least 4 members (excludes halogenated alkanes) is 1. The number of urea groups is 1. The SMILES string of the molecule is CCCCN(C(=O)Nc1ccc2[nH]cc(C3=CCN4CCCCC4CC3)c2c1)C(C)C. The number of benzene rings is 1. The van der Waals surface area contributed by atoms with E-state index in [0.717, 1.165) is 49.6 Å². The Bertz CT molecular complexity index is 929. The van der Waals surface area contributed by atoms with E-state index in [-0.39, 0.29) is 12.1 Å². The number of nitrogens with one attached hydrogen (secondary N) is 2. The van der Waals surface area contributed by atoms with Crippen LogP contribution in [0.25, 0.3) is 16.5 Å². The van der Waals surface area contributed by atoms with Crippen LogP contribution in [0.5, 0.6) is 0 Å². The van der Waals surface area contributed by atoms with E-state index < -0.39 is 0 Å². The van der Waals surface area contributed by atoms with Crippen molar-refractivity contribution >= 4 is 28.2 Å². The van der Waals surface area contributed by atoms with Gasteiger partial charge in [-0.2, -0.15) is 0 Å². The monoisotopic (exact) mass is 422 g/mol. The minimum atomic E-state index is -0.00885. The van der Waals surface area contributed by atoms with Gasteiger partial charge >= 0.3 is 6.03 Å². The van der Waals surface area contributed by atoms with Gasteiger partial charge in [-0.25, -0.2) is 4.79 Å². The van der Waals surface area contributed by atoms with E-state index in [2.05, 4.69) is 60.4 Å². The van der Waals surface area contributed by atoms with Crippen LogP contribution in [0, 0.1) is 0 Å². The van der Waals surface area contributed by atoms with Gasteiger partial charge in [0.25, 0.3) is 0 Å². The Morgan fingerprint density at radius 3 is 2.97 bits per heavy atom. The van der Waals surface area contributed by atoms with Crippen molar-refractivity contribution < 1.29 is 4.79 Å². The zero-order chi connectivity index (χ0) is 21.8. The first-order valence-electron chi connectivity index (χ1n) is 12.2. The average Bonchev–Trinajstić information content (AvgIpc) is 3.05. The van der Waals surface area contributed by atoms with Gasteiger partial charge in [-0.15, -0.1) is 0 Å². The summed E-state index contributed by atoms with van der Waals surface area (Å²) in [4.78, 5) is 20.9. The summed E-state index contributed by atoms with van der Waals surface area (Å²) in [5, 5.41) is 4.35. The largest absolute Gasteiger partial charge is 0.361 e. The molecule has 2 amide bonds. The first-order valence-corrected chi connectivity index (χ1v) is 12.2. The van der Waals surface area contributed by atoms with Crippen molar-refractivity contribution in [2.24, 2.45) is 0 Å². The number of anilines is 1. The molecule has 168 valence electrons. The molecular weight excluding hydrogens is 384 g/mol. The highest BCUT2D eigenvalue weighted by atomic mass is 16.2. The van der Waals surface area contributed by atoms with Crippen molar-refractivity contribution in [1.29, 1.82) is 0 Å². The number of hydrogen-bond donors (Lipinski definition) is 2. The smallest absolute Gasteiger partial charge is 0.322 e. The third-order valence-electron chi connectivity index (χ3n) is 6.98. The molecule has 1 aromatic carbocycles. The van der Waals surface area contributed by atoms with Gasteiger partial charge in [-0.1, -0.05) is 25.8 Å². The van der Waals surface area contributed by atoms with Crippen LogP contribution in [-0.4, -0.2) is 52.5 Å². The van der Waals surface area contributed by atoms with Gasteiger partial charge in [0.1, 0.15) is 0 Å². The zero-order valence-electron chi connectivity index (χ0n) is 19.4. The Hall–Kier alpha value is -2.27. The molecule has 1 fully saturated rings. The fourth-order valence-corrected chi connectivity index (χ4v) is 5.11. The molecule has 2 aromatic rings. The zero-order valence-corrected chi connectivity index (χ0v) is 19.4. The minimum absolute atomic E-state index is 0.00885. The van der Waals surface area contributed by atoms with Crippen molar-refractivity contribution in [3.05, 3.63) is 36.0 Å². The summed E-state index contributed by atoms with van der Waals surface area (Å²) in [5.74, 6) is 0. The lowest BCUT2D eigenvalue weighted by Crippen LogP contribution is -2.40. The Balaban J connectivity index is 1.53. The van der Waals surface area contributed by atoms with E-state index in [1.54, 1.807) is 0 Å². The quantitative estimate of drug-likeness (QED) is 0.579. The molecule has 1 aromatic heterocycles. The number of H-pyrrole nitrogens is 1. The number of carbonyl (C=O) groups is 1. The van der Waals surface area contributed by atoms with Gasteiger partial charge in [0.15, 0.2) is 0 Å². The Morgan fingerprint density at radius 2 is 2.16 bits per heavy atom. The molecule has 3 heterocycles. The van der Waals surface area contributed by atoms with Crippen molar-refractivity contribution in [2.75, 3.05) is 25.0 Å². The molecule has 5 nitrogen and oxygen atoms in total. The molecule has 2 aliphatic heterocycles. The summed E-state index contributed by atoms with van der Waals surface area (Å²) in [7, 11) is 0. The molecule has 4 rings (SSSR count). The van der Waals surface area contributed by atoms with Crippen molar-refractivity contribution in [3.63, 3.8) is 0 Å². The summed E-state index contributed by atoms with van der Waals surface area (Å²) in [6.45, 7) is 9.41. The van der Waals surface area contributed by atoms with E-state index in [4.69, 9.17) is 0 Å². The van der Waals surface area contributed by atoms with Crippen LogP contribution in [0.1, 0.15) is 71.3 Å². The Morgan fingerprint density at radius 1 is 1.29 bits per heavy atom. The predicted octanol–water partition coefficient (Wildman–Crippen LogP) is 6.24. The van der Waals surface area contributed by atoms with Crippen LogP contribution in [0.2, 0.25) is 0 Å². The normalized spacial score (nSPS) is 19.7. The minimum Gasteiger partial charge on any atom is -0.361 e. The number of nitrogens with zero attached hydrogens (tertiary/aromatic N) is 2. The van der Waals surface area contributed by atoms with E-state index in [9.17, 15) is 4.79 Å². The van der Waals surface area contributed by atoms with Crippen molar-refractivity contribution in [2.45, 2.75) is 77.8 Å². The topological polar surface area (TPSA) is 51.4 Å².